The molecule has 0 atom stereocenters. The molecule has 0 bridgehead atoms. The number of rotatable bonds is 6. The Hall–Kier alpha value is -2.67. The van der Waals surface area contributed by atoms with Gasteiger partial charge >= 0.3 is 0 Å². The summed E-state index contributed by atoms with van der Waals surface area (Å²) in [5.74, 6) is 0.563. The molecule has 3 rings (SSSR count). The number of aromatic amines is 2. The fourth-order valence-corrected chi connectivity index (χ4v) is 2.54. The standard InChI is InChI=1S/C16H20N6O/c1-5-12-11-8-13(18-10(3)15(11)21-20-12)14-9(2)19-22-16(14)23-7-6-17-4/h5,8,17H,1,6-7H2,2-4H3,(H,19,22)(H,20,21). The van der Waals surface area contributed by atoms with Crippen molar-refractivity contribution in [2.24, 2.45) is 0 Å². The summed E-state index contributed by atoms with van der Waals surface area (Å²) in [5, 5.41) is 18.5. The average Bonchev–Trinajstić information content (AvgIpc) is 3.11. The van der Waals surface area contributed by atoms with E-state index in [4.69, 9.17) is 4.74 Å². The third-order valence-corrected chi connectivity index (χ3v) is 3.71. The van der Waals surface area contributed by atoms with Crippen LogP contribution in [-0.4, -0.2) is 45.6 Å². The minimum Gasteiger partial charge on any atom is -0.475 e. The molecule has 0 amide bonds. The first-order chi connectivity index (χ1) is 11.2. The van der Waals surface area contributed by atoms with Crippen LogP contribution in [0.4, 0.5) is 0 Å². The fourth-order valence-electron chi connectivity index (χ4n) is 2.54. The maximum Gasteiger partial charge on any atom is 0.242 e. The van der Waals surface area contributed by atoms with Gasteiger partial charge in [-0.3, -0.25) is 15.2 Å². The highest BCUT2D eigenvalue weighted by Gasteiger charge is 2.18. The number of hydrogen-bond donors (Lipinski definition) is 3. The molecular formula is C16H20N6O. The Morgan fingerprint density at radius 2 is 2.13 bits per heavy atom. The van der Waals surface area contributed by atoms with E-state index in [1.807, 2.05) is 27.0 Å². The van der Waals surface area contributed by atoms with Crippen molar-refractivity contribution in [3.05, 3.63) is 29.7 Å². The highest BCUT2D eigenvalue weighted by atomic mass is 16.5. The maximum atomic E-state index is 5.75. The number of ether oxygens (including phenoxy) is 1. The summed E-state index contributed by atoms with van der Waals surface area (Å²) < 4.78 is 5.75. The van der Waals surface area contributed by atoms with Crippen molar-refractivity contribution in [2.75, 3.05) is 20.2 Å². The molecule has 7 nitrogen and oxygen atoms in total. The first-order valence-corrected chi connectivity index (χ1v) is 7.46. The molecule has 3 aromatic rings. The molecule has 7 heteroatoms. The minimum atomic E-state index is 0.540. The van der Waals surface area contributed by atoms with Crippen LogP contribution in [0.2, 0.25) is 0 Å². The van der Waals surface area contributed by atoms with Gasteiger partial charge < -0.3 is 10.1 Å². The van der Waals surface area contributed by atoms with Gasteiger partial charge in [0, 0.05) is 17.6 Å². The van der Waals surface area contributed by atoms with E-state index in [1.54, 1.807) is 6.08 Å². The summed E-state index contributed by atoms with van der Waals surface area (Å²) in [5.41, 5.74) is 5.18. The lowest BCUT2D eigenvalue weighted by Crippen LogP contribution is -2.16. The Bertz CT molecular complexity index is 848. The molecule has 0 aliphatic heterocycles. The van der Waals surface area contributed by atoms with E-state index in [0.29, 0.717) is 12.5 Å². The number of pyridine rings is 1. The second-order valence-corrected chi connectivity index (χ2v) is 5.31. The number of nitrogens with zero attached hydrogens (tertiary/aromatic N) is 3. The molecule has 0 saturated heterocycles. The van der Waals surface area contributed by atoms with Gasteiger partial charge in [0.15, 0.2) is 0 Å². The molecule has 0 aromatic carbocycles. The van der Waals surface area contributed by atoms with E-state index in [-0.39, 0.29) is 0 Å². The summed E-state index contributed by atoms with van der Waals surface area (Å²) in [6.45, 7) is 9.01. The third kappa shape index (κ3) is 2.70. The van der Waals surface area contributed by atoms with Crippen LogP contribution in [0.25, 0.3) is 28.2 Å². The molecule has 0 radical (unpaired) electrons. The first kappa shape index (κ1) is 15.2. The lowest BCUT2D eigenvalue weighted by atomic mass is 10.1. The zero-order valence-electron chi connectivity index (χ0n) is 13.5. The van der Waals surface area contributed by atoms with Crippen LogP contribution in [-0.2, 0) is 0 Å². The van der Waals surface area contributed by atoms with Gasteiger partial charge in [-0.15, -0.1) is 5.10 Å². The number of aryl methyl sites for hydroxylation is 2. The lowest BCUT2D eigenvalue weighted by Gasteiger charge is -2.07. The number of fused-ring (bicyclic) bond motifs is 1. The molecule has 23 heavy (non-hydrogen) atoms. The van der Waals surface area contributed by atoms with Crippen LogP contribution in [0.5, 0.6) is 5.88 Å². The largest absolute Gasteiger partial charge is 0.475 e. The number of hydrogen-bond acceptors (Lipinski definition) is 5. The SMILES string of the molecule is C=Cc1[nH]nc2c(C)nc(-c3c(OCCNC)n[nH]c3C)cc12. The zero-order valence-corrected chi connectivity index (χ0v) is 13.5. The summed E-state index contributed by atoms with van der Waals surface area (Å²) >= 11 is 0. The van der Waals surface area contributed by atoms with E-state index in [9.17, 15) is 0 Å². The van der Waals surface area contributed by atoms with E-state index < -0.39 is 0 Å². The molecular weight excluding hydrogens is 292 g/mol. The van der Waals surface area contributed by atoms with Crippen molar-refractivity contribution in [2.45, 2.75) is 13.8 Å². The third-order valence-electron chi connectivity index (χ3n) is 3.71. The predicted molar refractivity (Wildman–Crippen MR) is 90.5 cm³/mol. The predicted octanol–water partition coefficient (Wildman–Crippen LogP) is 2.21. The van der Waals surface area contributed by atoms with Gasteiger partial charge in [0.05, 0.1) is 22.6 Å². The molecule has 0 aliphatic carbocycles. The van der Waals surface area contributed by atoms with Gasteiger partial charge in [-0.2, -0.15) is 5.10 Å². The topological polar surface area (TPSA) is 91.5 Å². The van der Waals surface area contributed by atoms with E-state index in [0.717, 1.165) is 45.8 Å². The summed E-state index contributed by atoms with van der Waals surface area (Å²) in [6.07, 6.45) is 1.76. The highest BCUT2D eigenvalue weighted by molar-refractivity contribution is 5.91. The van der Waals surface area contributed by atoms with Crippen molar-refractivity contribution in [3.8, 4) is 17.1 Å². The monoisotopic (exact) mass is 312 g/mol. The number of likely N-dealkylation sites (N-methyl/N-ethyl adjacent to an activating group) is 1. The zero-order chi connectivity index (χ0) is 16.4. The molecule has 3 heterocycles. The Kier molecular flexibility index (Phi) is 4.12. The Morgan fingerprint density at radius 3 is 2.87 bits per heavy atom. The van der Waals surface area contributed by atoms with E-state index >= 15 is 0 Å². The van der Waals surface area contributed by atoms with Gasteiger partial charge in [0.1, 0.15) is 12.1 Å². The van der Waals surface area contributed by atoms with Crippen molar-refractivity contribution in [1.29, 1.82) is 0 Å². The second kappa shape index (κ2) is 6.21. The summed E-state index contributed by atoms with van der Waals surface area (Å²) in [4.78, 5) is 4.67. The van der Waals surface area contributed by atoms with Gasteiger partial charge in [-0.25, -0.2) is 0 Å². The minimum absolute atomic E-state index is 0.540. The highest BCUT2D eigenvalue weighted by Crippen LogP contribution is 2.33. The van der Waals surface area contributed by atoms with E-state index in [1.165, 1.54) is 0 Å². The molecule has 3 N–H and O–H groups in total. The quantitative estimate of drug-likeness (QED) is 0.607. The van der Waals surface area contributed by atoms with Crippen LogP contribution in [0, 0.1) is 13.8 Å². The van der Waals surface area contributed by atoms with Gasteiger partial charge in [0.2, 0.25) is 5.88 Å². The lowest BCUT2D eigenvalue weighted by molar-refractivity contribution is 0.307. The van der Waals surface area contributed by atoms with Crippen LogP contribution < -0.4 is 10.1 Å². The molecule has 120 valence electrons. The average molecular weight is 312 g/mol. The van der Waals surface area contributed by atoms with Crippen LogP contribution >= 0.6 is 0 Å². The van der Waals surface area contributed by atoms with Crippen molar-refractivity contribution >= 4 is 17.0 Å². The van der Waals surface area contributed by atoms with Gasteiger partial charge in [0.25, 0.3) is 0 Å². The number of H-pyrrole nitrogens is 2. The van der Waals surface area contributed by atoms with Crippen molar-refractivity contribution in [1.82, 2.24) is 30.7 Å². The molecule has 3 aromatic heterocycles. The van der Waals surface area contributed by atoms with Crippen LogP contribution in [0.1, 0.15) is 17.1 Å². The fraction of sp³-hybridized carbons (Fsp3) is 0.312. The normalized spacial score (nSPS) is 11.1. The maximum absolute atomic E-state index is 5.75. The summed E-state index contributed by atoms with van der Waals surface area (Å²) in [7, 11) is 1.88. The molecule has 0 aliphatic rings. The number of nitrogens with one attached hydrogen (secondary N) is 3. The van der Waals surface area contributed by atoms with Crippen LogP contribution in [0.3, 0.4) is 0 Å². The van der Waals surface area contributed by atoms with Crippen LogP contribution in [0.15, 0.2) is 12.6 Å². The Morgan fingerprint density at radius 1 is 1.30 bits per heavy atom. The number of aromatic nitrogens is 5. The Balaban J connectivity index is 2.09. The molecule has 0 unspecified atom stereocenters. The molecule has 0 fully saturated rings. The Labute approximate surface area is 134 Å². The van der Waals surface area contributed by atoms with Crippen molar-refractivity contribution < 1.29 is 4.74 Å². The first-order valence-electron chi connectivity index (χ1n) is 7.46. The molecule has 0 saturated carbocycles. The summed E-state index contributed by atoms with van der Waals surface area (Å²) in [6, 6.07) is 1.99. The molecule has 0 spiro atoms. The van der Waals surface area contributed by atoms with E-state index in [2.05, 4.69) is 37.3 Å². The van der Waals surface area contributed by atoms with Gasteiger partial charge in [-0.05, 0) is 33.0 Å². The van der Waals surface area contributed by atoms with Crippen molar-refractivity contribution in [3.63, 3.8) is 0 Å². The van der Waals surface area contributed by atoms with Gasteiger partial charge in [-0.1, -0.05) is 6.58 Å². The second-order valence-electron chi connectivity index (χ2n) is 5.31. The smallest absolute Gasteiger partial charge is 0.242 e.